The Morgan fingerprint density at radius 3 is 2.82 bits per heavy atom. The van der Waals surface area contributed by atoms with Crippen LogP contribution in [0, 0.1) is 6.92 Å². The second kappa shape index (κ2) is 4.73. The quantitative estimate of drug-likeness (QED) is 0.900. The van der Waals surface area contributed by atoms with Gasteiger partial charge in [-0.05, 0) is 13.0 Å². The number of hydrogen-bond acceptors (Lipinski definition) is 6. The van der Waals surface area contributed by atoms with Gasteiger partial charge in [0.05, 0.1) is 6.61 Å². The van der Waals surface area contributed by atoms with E-state index in [1.165, 1.54) is 34.9 Å². The van der Waals surface area contributed by atoms with Crippen LogP contribution in [0.25, 0.3) is 0 Å². The molecule has 2 N–H and O–H groups in total. The van der Waals surface area contributed by atoms with Crippen molar-refractivity contribution in [2.24, 2.45) is 0 Å². The van der Waals surface area contributed by atoms with Crippen LogP contribution < -0.4 is 4.72 Å². The van der Waals surface area contributed by atoms with Gasteiger partial charge < -0.3 is 5.11 Å². The number of thiophene rings is 1. The molecular formula is C9H10N2O3S3. The Morgan fingerprint density at radius 2 is 2.29 bits per heavy atom. The highest BCUT2D eigenvalue weighted by molar-refractivity contribution is 7.93. The molecule has 0 atom stereocenters. The van der Waals surface area contributed by atoms with E-state index in [1.54, 1.807) is 12.3 Å². The molecule has 0 amide bonds. The van der Waals surface area contributed by atoms with Gasteiger partial charge in [0.15, 0.2) is 5.13 Å². The van der Waals surface area contributed by atoms with Crippen LogP contribution in [0.15, 0.2) is 22.5 Å². The molecule has 5 nitrogen and oxygen atoms in total. The van der Waals surface area contributed by atoms with Crippen LogP contribution in [0.3, 0.4) is 0 Å². The number of aliphatic hydroxyl groups is 1. The fourth-order valence-corrected chi connectivity index (χ4v) is 4.60. The smallest absolute Gasteiger partial charge is 0.264 e. The maximum Gasteiger partial charge on any atom is 0.264 e. The zero-order valence-corrected chi connectivity index (χ0v) is 11.3. The van der Waals surface area contributed by atoms with Crippen LogP contribution in [0.2, 0.25) is 0 Å². The Labute approximate surface area is 107 Å². The van der Waals surface area contributed by atoms with Gasteiger partial charge in [-0.1, -0.05) is 0 Å². The molecule has 2 rings (SSSR count). The Hall–Kier alpha value is -0.960. The predicted molar refractivity (Wildman–Crippen MR) is 67.9 cm³/mol. The molecule has 0 bridgehead atoms. The summed E-state index contributed by atoms with van der Waals surface area (Å²) in [5.41, 5.74) is 0. The van der Waals surface area contributed by atoms with Crippen LogP contribution in [0.1, 0.15) is 9.75 Å². The van der Waals surface area contributed by atoms with Gasteiger partial charge in [0, 0.05) is 21.3 Å². The molecule has 2 aromatic rings. The zero-order chi connectivity index (χ0) is 12.5. The minimum Gasteiger partial charge on any atom is -0.391 e. The first-order chi connectivity index (χ1) is 8.03. The molecule has 0 radical (unpaired) electrons. The number of nitrogens with zero attached hydrogens (tertiary/aromatic N) is 1. The number of aromatic nitrogens is 1. The Balaban J connectivity index is 2.34. The molecule has 0 spiro atoms. The SMILES string of the molecule is Cc1sc(CO)cc1S(=O)(=O)Nc1nccs1. The first-order valence-corrected chi connectivity index (χ1v) is 7.83. The highest BCUT2D eigenvalue weighted by atomic mass is 32.2. The van der Waals surface area contributed by atoms with Crippen molar-refractivity contribution in [1.29, 1.82) is 0 Å². The largest absolute Gasteiger partial charge is 0.391 e. The van der Waals surface area contributed by atoms with Gasteiger partial charge in [0.2, 0.25) is 0 Å². The summed E-state index contributed by atoms with van der Waals surface area (Å²) in [5, 5.41) is 11.0. The molecule has 17 heavy (non-hydrogen) atoms. The van der Waals surface area contributed by atoms with Crippen molar-refractivity contribution in [1.82, 2.24) is 4.98 Å². The van der Waals surface area contributed by atoms with E-state index in [9.17, 15) is 8.42 Å². The summed E-state index contributed by atoms with van der Waals surface area (Å²) in [5.74, 6) is 0. The fraction of sp³-hybridized carbons (Fsp3) is 0.222. The van der Waals surface area contributed by atoms with Crippen LogP contribution in [0.5, 0.6) is 0 Å². The van der Waals surface area contributed by atoms with E-state index in [-0.39, 0.29) is 11.5 Å². The Bertz CT molecular complexity index is 601. The molecule has 0 fully saturated rings. The summed E-state index contributed by atoms with van der Waals surface area (Å²) in [4.78, 5) is 5.34. The molecular weight excluding hydrogens is 280 g/mol. The third-order valence-electron chi connectivity index (χ3n) is 2.02. The average Bonchev–Trinajstić information content (AvgIpc) is 2.86. The first kappa shape index (κ1) is 12.5. The lowest BCUT2D eigenvalue weighted by atomic mass is 10.4. The van der Waals surface area contributed by atoms with Crippen LogP contribution in [-0.4, -0.2) is 18.5 Å². The van der Waals surface area contributed by atoms with E-state index >= 15 is 0 Å². The average molecular weight is 290 g/mol. The molecule has 0 aromatic carbocycles. The molecule has 2 aromatic heterocycles. The van der Waals surface area contributed by atoms with Gasteiger partial charge in [-0.15, -0.1) is 22.7 Å². The van der Waals surface area contributed by atoms with E-state index in [0.29, 0.717) is 14.9 Å². The van der Waals surface area contributed by atoms with Crippen LogP contribution in [-0.2, 0) is 16.6 Å². The fourth-order valence-electron chi connectivity index (χ4n) is 1.31. The van der Waals surface area contributed by atoms with Crippen LogP contribution >= 0.6 is 22.7 Å². The van der Waals surface area contributed by atoms with Crippen molar-refractivity contribution in [3.63, 3.8) is 0 Å². The third-order valence-corrected chi connectivity index (χ3v) is 5.47. The highest BCUT2D eigenvalue weighted by Crippen LogP contribution is 2.27. The van der Waals surface area contributed by atoms with Gasteiger partial charge in [-0.2, -0.15) is 0 Å². The zero-order valence-electron chi connectivity index (χ0n) is 8.87. The number of thiazole rings is 1. The van der Waals surface area contributed by atoms with E-state index in [1.807, 2.05) is 0 Å². The maximum absolute atomic E-state index is 12.0. The van der Waals surface area contributed by atoms with Crippen molar-refractivity contribution >= 4 is 37.8 Å². The number of aryl methyl sites for hydroxylation is 1. The summed E-state index contributed by atoms with van der Waals surface area (Å²) in [6, 6.07) is 1.48. The Kier molecular flexibility index (Phi) is 3.48. The molecule has 0 saturated carbocycles. The third kappa shape index (κ3) is 2.65. The molecule has 92 valence electrons. The van der Waals surface area contributed by atoms with Crippen molar-refractivity contribution in [3.05, 3.63) is 27.4 Å². The summed E-state index contributed by atoms with van der Waals surface area (Å²) < 4.78 is 26.5. The second-order valence-corrected chi connectivity index (χ2v) is 7.12. The maximum atomic E-state index is 12.0. The number of rotatable bonds is 4. The number of hydrogen-bond donors (Lipinski definition) is 2. The minimum atomic E-state index is -3.61. The predicted octanol–water partition coefficient (Wildman–Crippen LogP) is 1.81. The van der Waals surface area contributed by atoms with Crippen LogP contribution in [0.4, 0.5) is 5.13 Å². The molecule has 0 unspecified atom stereocenters. The van der Waals surface area contributed by atoms with Crippen molar-refractivity contribution in [2.45, 2.75) is 18.4 Å². The summed E-state index contributed by atoms with van der Waals surface area (Å²) in [6.07, 6.45) is 1.53. The van der Waals surface area contributed by atoms with Gasteiger partial charge in [-0.3, -0.25) is 4.72 Å². The van der Waals surface area contributed by atoms with Gasteiger partial charge >= 0.3 is 0 Å². The van der Waals surface area contributed by atoms with Gasteiger partial charge in [-0.25, -0.2) is 13.4 Å². The van der Waals surface area contributed by atoms with Gasteiger partial charge in [0.25, 0.3) is 10.0 Å². The van der Waals surface area contributed by atoms with E-state index in [4.69, 9.17) is 5.11 Å². The summed E-state index contributed by atoms with van der Waals surface area (Å²) in [6.45, 7) is 1.55. The number of sulfonamides is 1. The van der Waals surface area contributed by atoms with Crippen molar-refractivity contribution in [2.75, 3.05) is 4.72 Å². The molecule has 0 saturated heterocycles. The lowest BCUT2D eigenvalue weighted by Crippen LogP contribution is -2.12. The lowest BCUT2D eigenvalue weighted by Gasteiger charge is -2.03. The summed E-state index contributed by atoms with van der Waals surface area (Å²) >= 11 is 2.48. The topological polar surface area (TPSA) is 79.3 Å². The Morgan fingerprint density at radius 1 is 1.53 bits per heavy atom. The summed E-state index contributed by atoms with van der Waals surface area (Å²) in [7, 11) is -3.61. The molecule has 0 aliphatic carbocycles. The number of nitrogens with one attached hydrogen (secondary N) is 1. The normalized spacial score (nSPS) is 11.6. The van der Waals surface area contributed by atoms with E-state index < -0.39 is 10.0 Å². The first-order valence-electron chi connectivity index (χ1n) is 4.65. The molecule has 8 heteroatoms. The molecule has 2 heterocycles. The second-order valence-electron chi connectivity index (χ2n) is 3.23. The van der Waals surface area contributed by atoms with Crippen molar-refractivity contribution < 1.29 is 13.5 Å². The van der Waals surface area contributed by atoms with Gasteiger partial charge in [0.1, 0.15) is 4.90 Å². The minimum absolute atomic E-state index is 0.154. The number of aliphatic hydroxyl groups excluding tert-OH is 1. The monoisotopic (exact) mass is 290 g/mol. The highest BCUT2D eigenvalue weighted by Gasteiger charge is 2.20. The molecule has 0 aliphatic rings. The molecule has 0 aliphatic heterocycles. The number of anilines is 1. The lowest BCUT2D eigenvalue weighted by molar-refractivity contribution is 0.285. The van der Waals surface area contributed by atoms with E-state index in [0.717, 1.165) is 0 Å². The van der Waals surface area contributed by atoms with E-state index in [2.05, 4.69) is 9.71 Å². The standard InChI is InChI=1S/C9H10N2O3S3/c1-6-8(4-7(5-12)16-6)17(13,14)11-9-10-2-3-15-9/h2-4,12H,5H2,1H3,(H,10,11). The van der Waals surface area contributed by atoms with Crippen molar-refractivity contribution in [3.8, 4) is 0 Å².